The van der Waals surface area contributed by atoms with Gasteiger partial charge in [-0.2, -0.15) is 0 Å². The van der Waals surface area contributed by atoms with Crippen molar-refractivity contribution in [3.05, 3.63) is 24.3 Å². The van der Waals surface area contributed by atoms with E-state index in [0.717, 1.165) is 11.4 Å². The molecule has 2 amide bonds. The fraction of sp³-hybridized carbons (Fsp3) is 0.467. The van der Waals surface area contributed by atoms with Crippen LogP contribution in [0.3, 0.4) is 0 Å². The molecule has 116 valence electrons. The number of anilines is 2. The SMILES string of the molecule is CC(CCCC(=O)O)NC(=O)Nc1ccc(N(C)C)cc1. The standard InChI is InChI=1S/C15H23N3O3/c1-11(5-4-6-14(19)20)16-15(21)17-12-7-9-13(10-8-12)18(2)3/h7-11H,4-6H2,1-3H3,(H,19,20)(H2,16,17,21). The Bertz CT molecular complexity index is 472. The number of hydrogen-bond acceptors (Lipinski definition) is 3. The number of urea groups is 1. The first-order valence-electron chi connectivity index (χ1n) is 6.95. The van der Waals surface area contributed by atoms with Crippen molar-refractivity contribution in [1.82, 2.24) is 5.32 Å². The van der Waals surface area contributed by atoms with Crippen molar-refractivity contribution in [2.75, 3.05) is 24.3 Å². The first-order valence-corrected chi connectivity index (χ1v) is 6.95. The van der Waals surface area contributed by atoms with E-state index in [4.69, 9.17) is 5.11 Å². The second kappa shape index (κ2) is 8.14. The van der Waals surface area contributed by atoms with Crippen LogP contribution in [0.25, 0.3) is 0 Å². The van der Waals surface area contributed by atoms with Gasteiger partial charge in [0.05, 0.1) is 0 Å². The van der Waals surface area contributed by atoms with E-state index in [2.05, 4.69) is 10.6 Å². The van der Waals surface area contributed by atoms with Crippen LogP contribution >= 0.6 is 0 Å². The van der Waals surface area contributed by atoms with E-state index in [0.29, 0.717) is 12.8 Å². The van der Waals surface area contributed by atoms with Gasteiger partial charge in [-0.25, -0.2) is 4.79 Å². The molecule has 0 aliphatic heterocycles. The fourth-order valence-corrected chi connectivity index (χ4v) is 1.87. The van der Waals surface area contributed by atoms with E-state index in [1.165, 1.54) is 0 Å². The van der Waals surface area contributed by atoms with Crippen LogP contribution in [0.15, 0.2) is 24.3 Å². The summed E-state index contributed by atoms with van der Waals surface area (Å²) >= 11 is 0. The third-order valence-electron chi connectivity index (χ3n) is 3.05. The molecule has 0 aliphatic carbocycles. The molecule has 0 radical (unpaired) electrons. The van der Waals surface area contributed by atoms with Crippen molar-refractivity contribution in [1.29, 1.82) is 0 Å². The predicted octanol–water partition coefficient (Wildman–Crippen LogP) is 2.52. The van der Waals surface area contributed by atoms with Crippen molar-refractivity contribution in [3.8, 4) is 0 Å². The van der Waals surface area contributed by atoms with Gasteiger partial charge in [-0.15, -0.1) is 0 Å². The quantitative estimate of drug-likeness (QED) is 0.721. The average Bonchev–Trinajstić information content (AvgIpc) is 2.38. The lowest BCUT2D eigenvalue weighted by Crippen LogP contribution is -2.36. The van der Waals surface area contributed by atoms with Crippen LogP contribution < -0.4 is 15.5 Å². The Morgan fingerprint density at radius 2 is 1.86 bits per heavy atom. The lowest BCUT2D eigenvalue weighted by atomic mass is 10.1. The molecule has 0 spiro atoms. The van der Waals surface area contributed by atoms with Gasteiger partial charge in [0, 0.05) is 37.9 Å². The number of hydrogen-bond donors (Lipinski definition) is 3. The van der Waals surface area contributed by atoms with Gasteiger partial charge >= 0.3 is 12.0 Å². The molecule has 0 aliphatic rings. The first kappa shape index (κ1) is 16.8. The van der Waals surface area contributed by atoms with Crippen molar-refractivity contribution in [3.63, 3.8) is 0 Å². The Hall–Kier alpha value is -2.24. The van der Waals surface area contributed by atoms with E-state index in [9.17, 15) is 9.59 Å². The summed E-state index contributed by atoms with van der Waals surface area (Å²) in [4.78, 5) is 24.2. The summed E-state index contributed by atoms with van der Waals surface area (Å²) in [7, 11) is 3.90. The van der Waals surface area contributed by atoms with E-state index in [-0.39, 0.29) is 18.5 Å². The van der Waals surface area contributed by atoms with Gasteiger partial charge in [-0.05, 0) is 44.0 Å². The highest BCUT2D eigenvalue weighted by atomic mass is 16.4. The predicted molar refractivity (Wildman–Crippen MR) is 83.9 cm³/mol. The molecule has 6 heteroatoms. The van der Waals surface area contributed by atoms with Gasteiger partial charge < -0.3 is 20.6 Å². The third kappa shape index (κ3) is 6.65. The minimum atomic E-state index is -0.812. The molecule has 1 rings (SSSR count). The smallest absolute Gasteiger partial charge is 0.319 e. The number of rotatable bonds is 7. The molecule has 0 fully saturated rings. The molecular weight excluding hydrogens is 270 g/mol. The summed E-state index contributed by atoms with van der Waals surface area (Å²) in [6, 6.07) is 7.17. The van der Waals surface area contributed by atoms with Crippen molar-refractivity contribution >= 4 is 23.4 Å². The zero-order chi connectivity index (χ0) is 15.8. The minimum Gasteiger partial charge on any atom is -0.481 e. The Morgan fingerprint density at radius 1 is 1.24 bits per heavy atom. The second-order valence-electron chi connectivity index (χ2n) is 5.23. The Balaban J connectivity index is 2.37. The van der Waals surface area contributed by atoms with Crippen LogP contribution in [0.1, 0.15) is 26.2 Å². The zero-order valence-corrected chi connectivity index (χ0v) is 12.7. The van der Waals surface area contributed by atoms with Gasteiger partial charge in [0.2, 0.25) is 0 Å². The Labute approximate surface area is 125 Å². The molecule has 1 atom stereocenters. The number of aliphatic carboxylic acids is 1. The molecule has 0 saturated heterocycles. The summed E-state index contributed by atoms with van der Waals surface area (Å²) in [6.07, 6.45) is 1.31. The van der Waals surface area contributed by atoms with E-state index < -0.39 is 5.97 Å². The van der Waals surface area contributed by atoms with Gasteiger partial charge in [-0.1, -0.05) is 0 Å². The lowest BCUT2D eigenvalue weighted by molar-refractivity contribution is -0.137. The third-order valence-corrected chi connectivity index (χ3v) is 3.05. The maximum Gasteiger partial charge on any atom is 0.319 e. The average molecular weight is 293 g/mol. The minimum absolute atomic E-state index is 0.0644. The second-order valence-corrected chi connectivity index (χ2v) is 5.23. The molecule has 1 aromatic rings. The van der Waals surface area contributed by atoms with Crippen molar-refractivity contribution in [2.24, 2.45) is 0 Å². The summed E-state index contributed by atoms with van der Waals surface area (Å²) < 4.78 is 0. The Kier molecular flexibility index (Phi) is 6.52. The molecule has 0 heterocycles. The molecule has 6 nitrogen and oxygen atoms in total. The van der Waals surface area contributed by atoms with Crippen LogP contribution in [0.5, 0.6) is 0 Å². The number of carbonyl (C=O) groups excluding carboxylic acids is 1. The number of amides is 2. The number of benzene rings is 1. The molecule has 0 saturated carbocycles. The summed E-state index contributed by atoms with van der Waals surface area (Å²) in [5, 5.41) is 14.1. The summed E-state index contributed by atoms with van der Waals surface area (Å²) in [6.45, 7) is 1.86. The van der Waals surface area contributed by atoms with Gasteiger partial charge in [0.15, 0.2) is 0 Å². The highest BCUT2D eigenvalue weighted by Gasteiger charge is 2.08. The normalized spacial score (nSPS) is 11.6. The van der Waals surface area contributed by atoms with Crippen LogP contribution in [0, 0.1) is 0 Å². The van der Waals surface area contributed by atoms with Gasteiger partial charge in [0.1, 0.15) is 0 Å². The van der Waals surface area contributed by atoms with E-state index in [1.54, 1.807) is 0 Å². The molecule has 1 aromatic carbocycles. The molecular formula is C15H23N3O3. The van der Waals surface area contributed by atoms with Crippen LogP contribution in [0.2, 0.25) is 0 Å². The number of carbonyl (C=O) groups is 2. The van der Waals surface area contributed by atoms with Gasteiger partial charge in [-0.3, -0.25) is 4.79 Å². The summed E-state index contributed by atoms with van der Waals surface area (Å²) in [5.74, 6) is -0.812. The van der Waals surface area contributed by atoms with Crippen LogP contribution in [-0.4, -0.2) is 37.2 Å². The maximum atomic E-state index is 11.8. The van der Waals surface area contributed by atoms with Crippen LogP contribution in [-0.2, 0) is 4.79 Å². The molecule has 3 N–H and O–H groups in total. The van der Waals surface area contributed by atoms with Crippen molar-refractivity contribution in [2.45, 2.75) is 32.2 Å². The maximum absolute atomic E-state index is 11.8. The fourth-order valence-electron chi connectivity index (χ4n) is 1.87. The van der Waals surface area contributed by atoms with E-state index in [1.807, 2.05) is 50.2 Å². The summed E-state index contributed by atoms with van der Waals surface area (Å²) in [5.41, 5.74) is 1.78. The van der Waals surface area contributed by atoms with Crippen molar-refractivity contribution < 1.29 is 14.7 Å². The Morgan fingerprint density at radius 3 is 2.38 bits per heavy atom. The monoisotopic (exact) mass is 293 g/mol. The highest BCUT2D eigenvalue weighted by Crippen LogP contribution is 2.15. The molecule has 1 unspecified atom stereocenters. The highest BCUT2D eigenvalue weighted by molar-refractivity contribution is 5.89. The lowest BCUT2D eigenvalue weighted by Gasteiger charge is -2.15. The molecule has 21 heavy (non-hydrogen) atoms. The number of nitrogens with zero attached hydrogens (tertiary/aromatic N) is 1. The molecule has 0 aromatic heterocycles. The first-order chi connectivity index (χ1) is 9.88. The van der Waals surface area contributed by atoms with E-state index >= 15 is 0 Å². The number of carboxylic acids is 1. The topological polar surface area (TPSA) is 81.7 Å². The number of carboxylic acid groups (broad SMARTS) is 1. The van der Waals surface area contributed by atoms with Gasteiger partial charge in [0.25, 0.3) is 0 Å². The zero-order valence-electron chi connectivity index (χ0n) is 12.7. The largest absolute Gasteiger partial charge is 0.481 e. The molecule has 0 bridgehead atoms. The number of nitrogens with one attached hydrogen (secondary N) is 2. The van der Waals surface area contributed by atoms with Crippen LogP contribution in [0.4, 0.5) is 16.2 Å².